The summed E-state index contributed by atoms with van der Waals surface area (Å²) >= 11 is 3.38. The normalized spacial score (nSPS) is 11.5. The highest BCUT2D eigenvalue weighted by Crippen LogP contribution is 2.22. The molecule has 0 amide bonds. The maximum Gasteiger partial charge on any atom is 0.265 e. The molecule has 102 valence electrons. The molecule has 0 saturated carbocycles. The van der Waals surface area contributed by atoms with Crippen molar-refractivity contribution in [2.24, 2.45) is 0 Å². The standard InChI is InChI=1S/C12H14BrN3O2S/c1-3-16-8-11(7-14-16)19(17,18)15-10-4-5-12(13)9(2)6-10/h4-8,15H,3H2,1-2H3. The Kier molecular flexibility index (Phi) is 3.96. The van der Waals surface area contributed by atoms with Gasteiger partial charge in [0.2, 0.25) is 0 Å². The number of aryl methyl sites for hydroxylation is 2. The van der Waals surface area contributed by atoms with Crippen molar-refractivity contribution in [3.05, 3.63) is 40.6 Å². The van der Waals surface area contributed by atoms with Crippen molar-refractivity contribution in [3.63, 3.8) is 0 Å². The third-order valence-electron chi connectivity index (χ3n) is 2.65. The number of aromatic nitrogens is 2. The molecule has 0 aliphatic carbocycles. The van der Waals surface area contributed by atoms with Gasteiger partial charge in [-0.25, -0.2) is 8.42 Å². The molecule has 19 heavy (non-hydrogen) atoms. The van der Waals surface area contributed by atoms with E-state index in [9.17, 15) is 8.42 Å². The fourth-order valence-corrected chi connectivity index (χ4v) is 2.83. The zero-order valence-electron chi connectivity index (χ0n) is 10.6. The van der Waals surface area contributed by atoms with Crippen LogP contribution in [0.5, 0.6) is 0 Å². The summed E-state index contributed by atoms with van der Waals surface area (Å²) < 4.78 is 29.3. The second-order valence-corrected chi connectivity index (χ2v) is 6.64. The molecule has 1 aromatic heterocycles. The van der Waals surface area contributed by atoms with Crippen molar-refractivity contribution in [2.75, 3.05) is 4.72 Å². The average Bonchev–Trinajstić information content (AvgIpc) is 2.83. The molecule has 0 aliphatic heterocycles. The second kappa shape index (κ2) is 5.34. The SMILES string of the molecule is CCn1cc(S(=O)(=O)Nc2ccc(Br)c(C)c2)cn1. The first-order chi connectivity index (χ1) is 8.92. The lowest BCUT2D eigenvalue weighted by atomic mass is 10.2. The van der Waals surface area contributed by atoms with E-state index in [2.05, 4.69) is 25.8 Å². The van der Waals surface area contributed by atoms with Crippen molar-refractivity contribution in [1.29, 1.82) is 0 Å². The van der Waals surface area contributed by atoms with E-state index >= 15 is 0 Å². The molecule has 0 unspecified atom stereocenters. The molecule has 0 spiro atoms. The fourth-order valence-electron chi connectivity index (χ4n) is 1.58. The second-order valence-electron chi connectivity index (χ2n) is 4.10. The monoisotopic (exact) mass is 343 g/mol. The Hall–Kier alpha value is -1.34. The summed E-state index contributed by atoms with van der Waals surface area (Å²) in [6.07, 6.45) is 2.85. The van der Waals surface area contributed by atoms with Crippen LogP contribution in [0, 0.1) is 6.92 Å². The third-order valence-corrected chi connectivity index (χ3v) is 4.88. The summed E-state index contributed by atoms with van der Waals surface area (Å²) in [5, 5.41) is 3.96. The van der Waals surface area contributed by atoms with Gasteiger partial charge < -0.3 is 0 Å². The highest BCUT2D eigenvalue weighted by molar-refractivity contribution is 9.10. The predicted octanol–water partition coefficient (Wildman–Crippen LogP) is 2.77. The Morgan fingerprint density at radius 3 is 2.74 bits per heavy atom. The number of nitrogens with one attached hydrogen (secondary N) is 1. The molecule has 5 nitrogen and oxygen atoms in total. The predicted molar refractivity (Wildman–Crippen MR) is 77.6 cm³/mol. The number of hydrogen-bond acceptors (Lipinski definition) is 3. The smallest absolute Gasteiger partial charge is 0.265 e. The van der Waals surface area contributed by atoms with E-state index in [1.807, 2.05) is 19.9 Å². The van der Waals surface area contributed by atoms with Crippen LogP contribution in [0.3, 0.4) is 0 Å². The minimum Gasteiger partial charge on any atom is -0.280 e. The minimum atomic E-state index is -3.58. The summed E-state index contributed by atoms with van der Waals surface area (Å²) in [6.45, 7) is 4.43. The Morgan fingerprint density at radius 1 is 1.42 bits per heavy atom. The number of rotatable bonds is 4. The lowest BCUT2D eigenvalue weighted by Crippen LogP contribution is -2.12. The summed E-state index contributed by atoms with van der Waals surface area (Å²) in [5.41, 5.74) is 1.49. The van der Waals surface area contributed by atoms with E-state index in [0.717, 1.165) is 10.0 Å². The van der Waals surface area contributed by atoms with Crippen molar-refractivity contribution >= 4 is 31.6 Å². The molecule has 2 aromatic rings. The van der Waals surface area contributed by atoms with E-state index in [4.69, 9.17) is 0 Å². The zero-order valence-corrected chi connectivity index (χ0v) is 13.0. The molecule has 1 heterocycles. The molecule has 0 atom stereocenters. The largest absolute Gasteiger partial charge is 0.280 e. The number of sulfonamides is 1. The number of nitrogens with zero attached hydrogens (tertiary/aromatic N) is 2. The molecule has 7 heteroatoms. The molecular weight excluding hydrogens is 330 g/mol. The molecule has 0 aliphatic rings. The summed E-state index contributed by atoms with van der Waals surface area (Å²) in [4.78, 5) is 0.162. The Bertz CT molecular complexity index is 695. The van der Waals surface area contributed by atoms with Crippen LogP contribution in [0.1, 0.15) is 12.5 Å². The molecule has 1 N–H and O–H groups in total. The maximum atomic E-state index is 12.2. The van der Waals surface area contributed by atoms with Gasteiger partial charge in [0.15, 0.2) is 0 Å². The van der Waals surface area contributed by atoms with E-state index in [1.54, 1.807) is 16.8 Å². The van der Waals surface area contributed by atoms with Crippen LogP contribution in [0.4, 0.5) is 5.69 Å². The molecular formula is C12H14BrN3O2S. The van der Waals surface area contributed by atoms with Gasteiger partial charge in [0.1, 0.15) is 4.90 Å². The third kappa shape index (κ3) is 3.16. The van der Waals surface area contributed by atoms with Crippen molar-refractivity contribution in [1.82, 2.24) is 9.78 Å². The van der Waals surface area contributed by atoms with E-state index < -0.39 is 10.0 Å². The number of hydrogen-bond donors (Lipinski definition) is 1. The summed E-state index contributed by atoms with van der Waals surface area (Å²) in [7, 11) is -3.58. The molecule has 0 saturated heterocycles. The molecule has 0 bridgehead atoms. The first-order valence-electron chi connectivity index (χ1n) is 5.74. The van der Waals surface area contributed by atoms with E-state index in [0.29, 0.717) is 12.2 Å². The van der Waals surface area contributed by atoms with Crippen molar-refractivity contribution in [2.45, 2.75) is 25.3 Å². The van der Waals surface area contributed by atoms with Gasteiger partial charge in [0.05, 0.1) is 6.20 Å². The van der Waals surface area contributed by atoms with E-state index in [-0.39, 0.29) is 4.90 Å². The maximum absolute atomic E-state index is 12.2. The highest BCUT2D eigenvalue weighted by atomic mass is 79.9. The first kappa shape index (κ1) is 14.1. The number of benzene rings is 1. The topological polar surface area (TPSA) is 64.0 Å². The first-order valence-corrected chi connectivity index (χ1v) is 8.01. The van der Waals surface area contributed by atoms with Crippen LogP contribution in [0.2, 0.25) is 0 Å². The van der Waals surface area contributed by atoms with Crippen molar-refractivity contribution < 1.29 is 8.42 Å². The van der Waals surface area contributed by atoms with Gasteiger partial charge in [-0.05, 0) is 37.6 Å². The van der Waals surface area contributed by atoms with Gasteiger partial charge in [-0.15, -0.1) is 0 Å². The quantitative estimate of drug-likeness (QED) is 0.928. The summed E-state index contributed by atoms with van der Waals surface area (Å²) in [5.74, 6) is 0. The minimum absolute atomic E-state index is 0.162. The Balaban J connectivity index is 2.28. The molecule has 0 radical (unpaired) electrons. The van der Waals surface area contributed by atoms with Crippen LogP contribution in [-0.2, 0) is 16.6 Å². The number of halogens is 1. The highest BCUT2D eigenvalue weighted by Gasteiger charge is 2.16. The van der Waals surface area contributed by atoms with Gasteiger partial charge >= 0.3 is 0 Å². The Labute approximate surface area is 120 Å². The fraction of sp³-hybridized carbons (Fsp3) is 0.250. The van der Waals surface area contributed by atoms with Crippen LogP contribution in [0.25, 0.3) is 0 Å². The van der Waals surface area contributed by atoms with Gasteiger partial charge in [-0.1, -0.05) is 15.9 Å². The van der Waals surface area contributed by atoms with Gasteiger partial charge in [-0.3, -0.25) is 9.40 Å². The van der Waals surface area contributed by atoms with Gasteiger partial charge in [0.25, 0.3) is 10.0 Å². The van der Waals surface area contributed by atoms with Gasteiger partial charge in [-0.2, -0.15) is 5.10 Å². The van der Waals surface area contributed by atoms with Crippen molar-refractivity contribution in [3.8, 4) is 0 Å². The molecule has 0 fully saturated rings. The van der Waals surface area contributed by atoms with Crippen LogP contribution in [-0.4, -0.2) is 18.2 Å². The summed E-state index contributed by atoms with van der Waals surface area (Å²) in [6, 6.07) is 5.29. The lowest BCUT2D eigenvalue weighted by Gasteiger charge is -2.07. The molecule has 1 aromatic carbocycles. The van der Waals surface area contributed by atoms with Crippen LogP contribution in [0.15, 0.2) is 40.0 Å². The molecule has 2 rings (SSSR count). The lowest BCUT2D eigenvalue weighted by molar-refractivity contribution is 0.600. The Morgan fingerprint density at radius 2 is 2.16 bits per heavy atom. The van der Waals surface area contributed by atoms with Gasteiger partial charge in [0, 0.05) is 22.9 Å². The number of anilines is 1. The zero-order chi connectivity index (χ0) is 14.0. The van der Waals surface area contributed by atoms with Crippen LogP contribution >= 0.6 is 15.9 Å². The van der Waals surface area contributed by atoms with E-state index in [1.165, 1.54) is 12.4 Å². The van der Waals surface area contributed by atoms with Crippen LogP contribution < -0.4 is 4.72 Å². The average molecular weight is 344 g/mol.